The maximum absolute atomic E-state index is 12.6. The maximum Gasteiger partial charge on any atom is 0.433 e. The SMILES string of the molecule is CNc1cnn(Cc2cnc(C(F)(F)F)cc2OC)c1.Cl. The molecule has 0 aliphatic heterocycles. The fourth-order valence-corrected chi connectivity index (χ4v) is 1.68. The molecule has 0 aromatic carbocycles. The van der Waals surface area contributed by atoms with Crippen molar-refractivity contribution in [3.8, 4) is 5.75 Å². The Hall–Kier alpha value is -1.96. The number of aromatic nitrogens is 3. The van der Waals surface area contributed by atoms with E-state index >= 15 is 0 Å². The van der Waals surface area contributed by atoms with Crippen LogP contribution in [-0.4, -0.2) is 28.9 Å². The largest absolute Gasteiger partial charge is 0.496 e. The lowest BCUT2D eigenvalue weighted by Gasteiger charge is -2.11. The number of anilines is 1. The summed E-state index contributed by atoms with van der Waals surface area (Å²) in [6, 6.07) is 0.887. The number of hydrogen-bond donors (Lipinski definition) is 1. The molecule has 2 aromatic heterocycles. The summed E-state index contributed by atoms with van der Waals surface area (Å²) in [6.07, 6.45) is 0.0142. The quantitative estimate of drug-likeness (QED) is 0.940. The second-order valence-corrected chi connectivity index (χ2v) is 4.06. The minimum Gasteiger partial charge on any atom is -0.496 e. The normalized spacial score (nSPS) is 10.9. The molecule has 21 heavy (non-hydrogen) atoms. The van der Waals surface area contributed by atoms with Crippen molar-refractivity contribution in [3.63, 3.8) is 0 Å². The van der Waals surface area contributed by atoms with Crippen molar-refractivity contribution < 1.29 is 17.9 Å². The Kier molecular flexibility index (Phi) is 5.42. The number of alkyl halides is 3. The summed E-state index contributed by atoms with van der Waals surface area (Å²) in [5.41, 5.74) is 0.351. The lowest BCUT2D eigenvalue weighted by Crippen LogP contribution is -2.10. The van der Waals surface area contributed by atoms with Crippen LogP contribution in [-0.2, 0) is 12.7 Å². The number of ether oxygens (including phenoxy) is 1. The molecule has 0 spiro atoms. The van der Waals surface area contributed by atoms with Crippen LogP contribution in [0.3, 0.4) is 0 Å². The predicted octanol–water partition coefficient (Wildman–Crippen LogP) is 2.82. The van der Waals surface area contributed by atoms with E-state index in [9.17, 15) is 13.2 Å². The first-order valence-corrected chi connectivity index (χ1v) is 5.74. The third kappa shape index (κ3) is 4.01. The maximum atomic E-state index is 12.6. The van der Waals surface area contributed by atoms with E-state index in [0.717, 1.165) is 18.0 Å². The Morgan fingerprint density at radius 2 is 2.05 bits per heavy atom. The highest BCUT2D eigenvalue weighted by molar-refractivity contribution is 5.85. The van der Waals surface area contributed by atoms with Gasteiger partial charge in [0.1, 0.15) is 11.4 Å². The van der Waals surface area contributed by atoms with Crippen LogP contribution in [0.15, 0.2) is 24.7 Å². The molecule has 0 atom stereocenters. The molecular formula is C12H14ClF3N4O. The molecule has 0 bridgehead atoms. The fourth-order valence-electron chi connectivity index (χ4n) is 1.68. The monoisotopic (exact) mass is 322 g/mol. The second kappa shape index (κ2) is 6.66. The van der Waals surface area contributed by atoms with Crippen molar-refractivity contribution in [1.29, 1.82) is 0 Å². The molecule has 5 nitrogen and oxygen atoms in total. The van der Waals surface area contributed by atoms with Crippen molar-refractivity contribution in [3.05, 3.63) is 35.9 Å². The summed E-state index contributed by atoms with van der Waals surface area (Å²) in [5.74, 6) is 0.133. The van der Waals surface area contributed by atoms with E-state index in [-0.39, 0.29) is 24.7 Å². The van der Waals surface area contributed by atoms with Crippen LogP contribution >= 0.6 is 12.4 Å². The van der Waals surface area contributed by atoms with E-state index in [4.69, 9.17) is 4.74 Å². The van der Waals surface area contributed by atoms with Crippen molar-refractivity contribution in [2.45, 2.75) is 12.7 Å². The third-order valence-corrected chi connectivity index (χ3v) is 2.71. The molecule has 0 radical (unpaired) electrons. The average molecular weight is 323 g/mol. The zero-order valence-corrected chi connectivity index (χ0v) is 12.1. The molecule has 0 fully saturated rings. The summed E-state index contributed by atoms with van der Waals surface area (Å²) >= 11 is 0. The van der Waals surface area contributed by atoms with E-state index < -0.39 is 11.9 Å². The van der Waals surface area contributed by atoms with Gasteiger partial charge in [0.25, 0.3) is 0 Å². The Morgan fingerprint density at radius 3 is 2.57 bits per heavy atom. The van der Waals surface area contributed by atoms with Gasteiger partial charge in [0.05, 0.1) is 25.5 Å². The van der Waals surface area contributed by atoms with Gasteiger partial charge >= 0.3 is 6.18 Å². The number of hydrogen-bond acceptors (Lipinski definition) is 4. The van der Waals surface area contributed by atoms with E-state index in [0.29, 0.717) is 5.56 Å². The molecule has 0 aliphatic rings. The van der Waals surface area contributed by atoms with Gasteiger partial charge in [-0.25, -0.2) is 0 Å². The Morgan fingerprint density at radius 1 is 1.33 bits per heavy atom. The van der Waals surface area contributed by atoms with Crippen molar-refractivity contribution in [1.82, 2.24) is 14.8 Å². The molecule has 2 aromatic rings. The van der Waals surface area contributed by atoms with Crippen LogP contribution in [0.5, 0.6) is 5.75 Å². The number of nitrogens with one attached hydrogen (secondary N) is 1. The van der Waals surface area contributed by atoms with Crippen molar-refractivity contribution in [2.24, 2.45) is 0 Å². The van der Waals surface area contributed by atoms with E-state index in [1.54, 1.807) is 24.1 Å². The Labute approximate surface area is 125 Å². The molecule has 116 valence electrons. The van der Waals surface area contributed by atoms with Crippen LogP contribution in [0.4, 0.5) is 18.9 Å². The van der Waals surface area contributed by atoms with Gasteiger partial charge in [0.15, 0.2) is 0 Å². The van der Waals surface area contributed by atoms with Gasteiger partial charge in [-0.1, -0.05) is 0 Å². The number of nitrogens with zero attached hydrogens (tertiary/aromatic N) is 3. The minimum atomic E-state index is -4.49. The summed E-state index contributed by atoms with van der Waals surface area (Å²) in [4.78, 5) is 3.42. The van der Waals surface area contributed by atoms with Crippen LogP contribution in [0.2, 0.25) is 0 Å². The summed E-state index contributed by atoms with van der Waals surface area (Å²) in [6.45, 7) is 0.274. The Balaban J connectivity index is 0.00000220. The van der Waals surface area contributed by atoms with Gasteiger partial charge in [-0.05, 0) is 0 Å². The highest BCUT2D eigenvalue weighted by atomic mass is 35.5. The third-order valence-electron chi connectivity index (χ3n) is 2.71. The standard InChI is InChI=1S/C12H13F3N4O.ClH/c1-16-9-5-18-19(7-9)6-8-4-17-11(12(13,14)15)3-10(8)20-2;/h3-5,7,16H,6H2,1-2H3;1H. The molecule has 2 rings (SSSR count). The second-order valence-electron chi connectivity index (χ2n) is 4.06. The lowest BCUT2D eigenvalue weighted by molar-refractivity contribution is -0.141. The van der Waals surface area contributed by atoms with Crippen molar-refractivity contribution >= 4 is 18.1 Å². The zero-order chi connectivity index (χ0) is 14.8. The van der Waals surface area contributed by atoms with Gasteiger partial charge in [-0.2, -0.15) is 18.3 Å². The molecule has 0 saturated heterocycles. The van der Waals surface area contributed by atoms with E-state index in [1.807, 2.05) is 0 Å². The summed E-state index contributed by atoms with van der Waals surface area (Å²) in [7, 11) is 3.07. The van der Waals surface area contributed by atoms with E-state index in [1.165, 1.54) is 7.11 Å². The van der Waals surface area contributed by atoms with Crippen LogP contribution in [0, 0.1) is 0 Å². The molecule has 1 N–H and O–H groups in total. The van der Waals surface area contributed by atoms with Crippen LogP contribution in [0.25, 0.3) is 0 Å². The molecule has 0 unspecified atom stereocenters. The minimum absolute atomic E-state index is 0. The van der Waals surface area contributed by atoms with Gasteiger partial charge < -0.3 is 10.1 Å². The zero-order valence-electron chi connectivity index (χ0n) is 11.3. The molecule has 0 aliphatic carbocycles. The molecular weight excluding hydrogens is 309 g/mol. The van der Waals surface area contributed by atoms with Gasteiger partial charge in [-0.3, -0.25) is 9.67 Å². The highest BCUT2D eigenvalue weighted by Gasteiger charge is 2.33. The number of pyridine rings is 1. The summed E-state index contributed by atoms with van der Waals surface area (Å²) < 4.78 is 44.3. The van der Waals surface area contributed by atoms with Crippen LogP contribution in [0.1, 0.15) is 11.3 Å². The van der Waals surface area contributed by atoms with E-state index in [2.05, 4.69) is 15.4 Å². The lowest BCUT2D eigenvalue weighted by atomic mass is 10.2. The van der Waals surface area contributed by atoms with Gasteiger partial charge in [0, 0.05) is 31.1 Å². The first-order chi connectivity index (χ1) is 9.44. The van der Waals surface area contributed by atoms with Gasteiger partial charge in [0.2, 0.25) is 0 Å². The van der Waals surface area contributed by atoms with Crippen molar-refractivity contribution in [2.75, 3.05) is 19.5 Å². The first-order valence-electron chi connectivity index (χ1n) is 5.74. The van der Waals surface area contributed by atoms with Gasteiger partial charge in [-0.15, -0.1) is 12.4 Å². The number of halogens is 4. The molecule has 2 heterocycles. The predicted molar refractivity (Wildman–Crippen MR) is 73.9 cm³/mol. The smallest absolute Gasteiger partial charge is 0.433 e. The van der Waals surface area contributed by atoms with Crippen LogP contribution < -0.4 is 10.1 Å². The molecule has 0 amide bonds. The molecule has 0 saturated carbocycles. The number of rotatable bonds is 4. The number of methoxy groups -OCH3 is 1. The Bertz CT molecular complexity index is 600. The summed E-state index contributed by atoms with van der Waals surface area (Å²) in [5, 5.41) is 6.99. The molecule has 9 heteroatoms. The average Bonchev–Trinajstić information content (AvgIpc) is 2.85. The fraction of sp³-hybridized carbons (Fsp3) is 0.333. The topological polar surface area (TPSA) is 52.0 Å². The first kappa shape index (κ1) is 17.1. The highest BCUT2D eigenvalue weighted by Crippen LogP contribution is 2.31.